The molecule has 1 atom stereocenters. The molecule has 1 unspecified atom stereocenters. The van der Waals surface area contributed by atoms with Crippen LogP contribution >= 0.6 is 0 Å². The van der Waals surface area contributed by atoms with Crippen LogP contribution < -0.4 is 5.73 Å². The third-order valence-corrected chi connectivity index (χ3v) is 2.42. The van der Waals surface area contributed by atoms with Crippen molar-refractivity contribution in [3.05, 3.63) is 53.1 Å². The summed E-state index contributed by atoms with van der Waals surface area (Å²) < 4.78 is 0. The fourth-order valence-corrected chi connectivity index (χ4v) is 1.79. The van der Waals surface area contributed by atoms with Gasteiger partial charge in [0.2, 0.25) is 0 Å². The number of H-pyrrole nitrogens is 1. The first-order valence-corrected chi connectivity index (χ1v) is 5.00. The summed E-state index contributed by atoms with van der Waals surface area (Å²) in [4.78, 5) is 7.21. The number of hydrogen-bond donors (Lipinski definition) is 2. The molecule has 0 aliphatic heterocycles. The molecule has 0 saturated heterocycles. The standard InChI is InChI=1S/C12H15N3/c1-8-5-9(2)7-10(6-8)11(13)12-14-3-4-15-12/h3-7,11H,13H2,1-2H3,(H,14,15). The third kappa shape index (κ3) is 2.07. The van der Waals surface area contributed by atoms with Crippen LogP contribution in [-0.2, 0) is 0 Å². The molecule has 3 heteroatoms. The van der Waals surface area contributed by atoms with Gasteiger partial charge in [0, 0.05) is 12.4 Å². The Morgan fingerprint density at radius 2 is 1.87 bits per heavy atom. The van der Waals surface area contributed by atoms with Crippen molar-refractivity contribution in [2.75, 3.05) is 0 Å². The van der Waals surface area contributed by atoms with Gasteiger partial charge in [-0.25, -0.2) is 4.98 Å². The van der Waals surface area contributed by atoms with E-state index in [2.05, 4.69) is 42.0 Å². The van der Waals surface area contributed by atoms with Gasteiger partial charge >= 0.3 is 0 Å². The average molecular weight is 201 g/mol. The van der Waals surface area contributed by atoms with Crippen molar-refractivity contribution >= 4 is 0 Å². The quantitative estimate of drug-likeness (QED) is 0.781. The van der Waals surface area contributed by atoms with E-state index < -0.39 is 0 Å². The monoisotopic (exact) mass is 201 g/mol. The minimum Gasteiger partial charge on any atom is -0.347 e. The maximum atomic E-state index is 6.10. The van der Waals surface area contributed by atoms with Gasteiger partial charge in [-0.1, -0.05) is 29.3 Å². The van der Waals surface area contributed by atoms with Crippen molar-refractivity contribution in [1.82, 2.24) is 9.97 Å². The summed E-state index contributed by atoms with van der Waals surface area (Å²) in [6.45, 7) is 4.15. The second-order valence-corrected chi connectivity index (χ2v) is 3.87. The number of hydrogen-bond acceptors (Lipinski definition) is 2. The minimum atomic E-state index is -0.168. The summed E-state index contributed by atoms with van der Waals surface area (Å²) in [5.41, 5.74) is 9.66. The Kier molecular flexibility index (Phi) is 2.56. The molecule has 15 heavy (non-hydrogen) atoms. The summed E-state index contributed by atoms with van der Waals surface area (Å²) in [6.07, 6.45) is 3.51. The van der Waals surface area contributed by atoms with Crippen LogP contribution in [0.5, 0.6) is 0 Å². The van der Waals surface area contributed by atoms with Crippen molar-refractivity contribution in [1.29, 1.82) is 0 Å². The molecule has 0 amide bonds. The smallest absolute Gasteiger partial charge is 0.127 e. The predicted molar refractivity (Wildman–Crippen MR) is 60.5 cm³/mol. The minimum absolute atomic E-state index is 0.168. The molecular formula is C12H15N3. The van der Waals surface area contributed by atoms with E-state index in [4.69, 9.17) is 5.73 Å². The molecular weight excluding hydrogens is 186 g/mol. The number of nitrogens with one attached hydrogen (secondary N) is 1. The molecule has 0 fully saturated rings. The van der Waals surface area contributed by atoms with Crippen molar-refractivity contribution < 1.29 is 0 Å². The first kappa shape index (κ1) is 9.93. The van der Waals surface area contributed by atoms with E-state index in [-0.39, 0.29) is 6.04 Å². The van der Waals surface area contributed by atoms with E-state index in [9.17, 15) is 0 Å². The molecule has 2 aromatic rings. The lowest BCUT2D eigenvalue weighted by Crippen LogP contribution is -2.13. The highest BCUT2D eigenvalue weighted by atomic mass is 14.9. The van der Waals surface area contributed by atoms with Gasteiger partial charge in [0.1, 0.15) is 5.82 Å². The second kappa shape index (κ2) is 3.87. The van der Waals surface area contributed by atoms with E-state index in [1.807, 2.05) is 0 Å². The molecule has 0 radical (unpaired) electrons. The Morgan fingerprint density at radius 1 is 1.20 bits per heavy atom. The van der Waals surface area contributed by atoms with Gasteiger partial charge < -0.3 is 10.7 Å². The van der Waals surface area contributed by atoms with Gasteiger partial charge in [-0.15, -0.1) is 0 Å². The van der Waals surface area contributed by atoms with Crippen LogP contribution in [0.25, 0.3) is 0 Å². The van der Waals surface area contributed by atoms with Gasteiger partial charge in [-0.05, 0) is 19.4 Å². The number of imidazole rings is 1. The molecule has 3 nitrogen and oxygen atoms in total. The summed E-state index contributed by atoms with van der Waals surface area (Å²) in [6, 6.07) is 6.16. The molecule has 3 N–H and O–H groups in total. The van der Waals surface area contributed by atoms with E-state index >= 15 is 0 Å². The van der Waals surface area contributed by atoms with Crippen LogP contribution in [0.1, 0.15) is 28.6 Å². The van der Waals surface area contributed by atoms with Crippen LogP contribution in [0.3, 0.4) is 0 Å². The summed E-state index contributed by atoms with van der Waals surface area (Å²) >= 11 is 0. The zero-order valence-electron chi connectivity index (χ0n) is 8.99. The Balaban J connectivity index is 2.37. The van der Waals surface area contributed by atoms with Gasteiger partial charge in [-0.2, -0.15) is 0 Å². The van der Waals surface area contributed by atoms with Crippen LogP contribution in [0, 0.1) is 13.8 Å². The van der Waals surface area contributed by atoms with Crippen LogP contribution in [0.2, 0.25) is 0 Å². The number of benzene rings is 1. The summed E-state index contributed by atoms with van der Waals surface area (Å²) in [5, 5.41) is 0. The molecule has 0 bridgehead atoms. The second-order valence-electron chi connectivity index (χ2n) is 3.87. The van der Waals surface area contributed by atoms with Crippen molar-refractivity contribution in [2.45, 2.75) is 19.9 Å². The molecule has 1 aromatic carbocycles. The highest BCUT2D eigenvalue weighted by Crippen LogP contribution is 2.18. The number of rotatable bonds is 2. The van der Waals surface area contributed by atoms with Crippen LogP contribution in [0.15, 0.2) is 30.6 Å². The van der Waals surface area contributed by atoms with Crippen molar-refractivity contribution in [3.63, 3.8) is 0 Å². The van der Waals surface area contributed by atoms with Crippen LogP contribution in [0.4, 0.5) is 0 Å². The topological polar surface area (TPSA) is 54.7 Å². The number of aromatic amines is 1. The van der Waals surface area contributed by atoms with E-state index in [1.54, 1.807) is 12.4 Å². The third-order valence-electron chi connectivity index (χ3n) is 2.42. The summed E-state index contributed by atoms with van der Waals surface area (Å²) in [7, 11) is 0. The zero-order chi connectivity index (χ0) is 10.8. The Morgan fingerprint density at radius 3 is 2.40 bits per heavy atom. The number of aromatic nitrogens is 2. The predicted octanol–water partition coefficient (Wildman–Crippen LogP) is 2.07. The Hall–Kier alpha value is -1.61. The molecule has 0 saturated carbocycles. The maximum absolute atomic E-state index is 6.10. The summed E-state index contributed by atoms with van der Waals surface area (Å²) in [5.74, 6) is 0.806. The molecule has 0 aliphatic carbocycles. The van der Waals surface area contributed by atoms with Gasteiger partial charge in [0.15, 0.2) is 0 Å². The first-order chi connectivity index (χ1) is 7.16. The van der Waals surface area contributed by atoms with E-state index in [0.29, 0.717) is 0 Å². The highest BCUT2D eigenvalue weighted by molar-refractivity contribution is 5.33. The lowest BCUT2D eigenvalue weighted by Gasteiger charge is -2.11. The van der Waals surface area contributed by atoms with Gasteiger partial charge in [-0.3, -0.25) is 0 Å². The molecule has 1 aromatic heterocycles. The molecule has 0 spiro atoms. The molecule has 1 heterocycles. The lowest BCUT2D eigenvalue weighted by molar-refractivity contribution is 0.799. The largest absolute Gasteiger partial charge is 0.347 e. The van der Waals surface area contributed by atoms with Crippen LogP contribution in [-0.4, -0.2) is 9.97 Å². The first-order valence-electron chi connectivity index (χ1n) is 5.00. The van der Waals surface area contributed by atoms with Gasteiger partial charge in [0.25, 0.3) is 0 Å². The fraction of sp³-hybridized carbons (Fsp3) is 0.250. The lowest BCUT2D eigenvalue weighted by atomic mass is 10.0. The highest BCUT2D eigenvalue weighted by Gasteiger charge is 2.11. The molecule has 2 rings (SSSR count). The molecule has 0 aliphatic rings. The zero-order valence-corrected chi connectivity index (χ0v) is 8.99. The van der Waals surface area contributed by atoms with Crippen molar-refractivity contribution in [3.8, 4) is 0 Å². The Labute approximate surface area is 89.4 Å². The van der Waals surface area contributed by atoms with E-state index in [1.165, 1.54) is 11.1 Å². The Bertz CT molecular complexity index is 426. The number of nitrogens with zero attached hydrogens (tertiary/aromatic N) is 1. The number of aryl methyl sites for hydroxylation is 2. The fourth-order valence-electron chi connectivity index (χ4n) is 1.79. The SMILES string of the molecule is Cc1cc(C)cc(C(N)c2ncc[nH]2)c1. The number of nitrogens with two attached hydrogens (primary N) is 1. The normalized spacial score (nSPS) is 12.7. The van der Waals surface area contributed by atoms with Gasteiger partial charge in [0.05, 0.1) is 6.04 Å². The van der Waals surface area contributed by atoms with Crippen molar-refractivity contribution in [2.24, 2.45) is 5.73 Å². The molecule has 78 valence electrons. The average Bonchev–Trinajstić information content (AvgIpc) is 2.67. The maximum Gasteiger partial charge on any atom is 0.127 e. The van der Waals surface area contributed by atoms with E-state index in [0.717, 1.165) is 11.4 Å².